The van der Waals surface area contributed by atoms with Crippen molar-refractivity contribution < 1.29 is 4.79 Å². The Balaban J connectivity index is 1.78. The second-order valence-electron chi connectivity index (χ2n) is 5.06. The van der Waals surface area contributed by atoms with Gasteiger partial charge < -0.3 is 9.72 Å². The van der Waals surface area contributed by atoms with Gasteiger partial charge in [-0.2, -0.15) is 0 Å². The molecule has 0 spiro atoms. The van der Waals surface area contributed by atoms with E-state index < -0.39 is 0 Å². The van der Waals surface area contributed by atoms with Crippen LogP contribution in [0, 0.1) is 0 Å². The SMILES string of the molecule is O=C1NCC(c2ccccc2)N1c1ccc2nccn2c1. The number of hydrogen-bond acceptors (Lipinski definition) is 2. The minimum absolute atomic E-state index is 0.0136. The lowest BCUT2D eigenvalue weighted by Gasteiger charge is -2.23. The van der Waals surface area contributed by atoms with Gasteiger partial charge in [-0.25, -0.2) is 9.78 Å². The number of nitrogens with one attached hydrogen (secondary N) is 1. The molecule has 1 aromatic carbocycles. The average Bonchev–Trinajstić information content (AvgIpc) is 3.13. The predicted molar refractivity (Wildman–Crippen MR) is 80.3 cm³/mol. The maximum Gasteiger partial charge on any atom is 0.322 e. The lowest BCUT2D eigenvalue weighted by molar-refractivity contribution is 0.251. The zero-order valence-corrected chi connectivity index (χ0v) is 11.3. The molecule has 1 aliphatic rings. The molecule has 1 unspecified atom stereocenters. The van der Waals surface area contributed by atoms with Crippen molar-refractivity contribution in [2.75, 3.05) is 11.4 Å². The zero-order chi connectivity index (χ0) is 14.2. The summed E-state index contributed by atoms with van der Waals surface area (Å²) in [5, 5.41) is 2.92. The quantitative estimate of drug-likeness (QED) is 0.783. The van der Waals surface area contributed by atoms with E-state index in [1.165, 1.54) is 0 Å². The Bertz CT molecular complexity index is 796. The number of hydrogen-bond donors (Lipinski definition) is 1. The number of benzene rings is 1. The molecule has 21 heavy (non-hydrogen) atoms. The van der Waals surface area contributed by atoms with E-state index >= 15 is 0 Å². The number of aromatic nitrogens is 2. The molecule has 1 fully saturated rings. The third kappa shape index (κ3) is 1.94. The van der Waals surface area contributed by atoms with Crippen LogP contribution in [-0.2, 0) is 0 Å². The van der Waals surface area contributed by atoms with E-state index in [9.17, 15) is 4.79 Å². The molecule has 0 bridgehead atoms. The first-order chi connectivity index (χ1) is 10.3. The smallest absolute Gasteiger partial charge is 0.322 e. The molecule has 1 N–H and O–H groups in total. The van der Waals surface area contributed by atoms with Crippen molar-refractivity contribution in [1.29, 1.82) is 0 Å². The van der Waals surface area contributed by atoms with Crippen LogP contribution in [0.5, 0.6) is 0 Å². The summed E-state index contributed by atoms with van der Waals surface area (Å²) in [4.78, 5) is 18.2. The summed E-state index contributed by atoms with van der Waals surface area (Å²) >= 11 is 0. The highest BCUT2D eigenvalue weighted by molar-refractivity contribution is 5.95. The highest BCUT2D eigenvalue weighted by atomic mass is 16.2. The van der Waals surface area contributed by atoms with Crippen LogP contribution in [0.1, 0.15) is 11.6 Å². The van der Waals surface area contributed by atoms with Crippen LogP contribution in [0.15, 0.2) is 61.1 Å². The number of amides is 2. The molecule has 3 heterocycles. The molecule has 2 amide bonds. The molecule has 0 aliphatic carbocycles. The largest absolute Gasteiger partial charge is 0.335 e. The van der Waals surface area contributed by atoms with E-state index in [0.717, 1.165) is 16.9 Å². The number of rotatable bonds is 2. The van der Waals surface area contributed by atoms with Gasteiger partial charge in [-0.15, -0.1) is 0 Å². The van der Waals surface area contributed by atoms with Crippen LogP contribution < -0.4 is 10.2 Å². The van der Waals surface area contributed by atoms with Crippen LogP contribution in [0.25, 0.3) is 5.65 Å². The number of pyridine rings is 1. The molecule has 0 radical (unpaired) electrons. The van der Waals surface area contributed by atoms with Gasteiger partial charge in [0.1, 0.15) is 5.65 Å². The van der Waals surface area contributed by atoms with Gasteiger partial charge in [0.15, 0.2) is 0 Å². The van der Waals surface area contributed by atoms with Crippen molar-refractivity contribution in [3.05, 3.63) is 66.6 Å². The molecule has 1 saturated heterocycles. The first-order valence-corrected chi connectivity index (χ1v) is 6.88. The number of nitrogens with zero attached hydrogens (tertiary/aromatic N) is 3. The van der Waals surface area contributed by atoms with E-state index in [0.29, 0.717) is 6.54 Å². The third-order valence-electron chi connectivity index (χ3n) is 3.81. The van der Waals surface area contributed by atoms with Gasteiger partial charge in [0.2, 0.25) is 0 Å². The van der Waals surface area contributed by atoms with Crippen molar-refractivity contribution >= 4 is 17.4 Å². The van der Waals surface area contributed by atoms with Crippen LogP contribution in [0.3, 0.4) is 0 Å². The molecule has 5 nitrogen and oxygen atoms in total. The molecule has 4 rings (SSSR count). The summed E-state index contributed by atoms with van der Waals surface area (Å²) in [5.74, 6) is 0. The Morgan fingerprint density at radius 3 is 2.86 bits per heavy atom. The van der Waals surface area contributed by atoms with Gasteiger partial charge in [0.25, 0.3) is 0 Å². The lowest BCUT2D eigenvalue weighted by atomic mass is 10.1. The topological polar surface area (TPSA) is 49.6 Å². The second-order valence-corrected chi connectivity index (χ2v) is 5.06. The van der Waals surface area contributed by atoms with Crippen molar-refractivity contribution in [3.8, 4) is 0 Å². The standard InChI is InChI=1S/C16H14N4O/c21-16-18-10-14(12-4-2-1-3-5-12)20(16)13-6-7-15-17-8-9-19(15)11-13/h1-9,11,14H,10H2,(H,18,21). The Hall–Kier alpha value is -2.82. The maximum atomic E-state index is 12.2. The monoisotopic (exact) mass is 278 g/mol. The molecule has 3 aromatic rings. The molecule has 1 atom stereocenters. The first-order valence-electron chi connectivity index (χ1n) is 6.88. The lowest BCUT2D eigenvalue weighted by Crippen LogP contribution is -2.29. The minimum Gasteiger partial charge on any atom is -0.335 e. The van der Waals surface area contributed by atoms with Gasteiger partial charge in [0, 0.05) is 25.1 Å². The molecular formula is C16H14N4O. The predicted octanol–water partition coefficient (Wildman–Crippen LogP) is 2.61. The summed E-state index contributed by atoms with van der Waals surface area (Å²) < 4.78 is 1.92. The molecular weight excluding hydrogens is 264 g/mol. The van der Waals surface area contributed by atoms with E-state index in [4.69, 9.17) is 0 Å². The van der Waals surface area contributed by atoms with Crippen molar-refractivity contribution in [1.82, 2.24) is 14.7 Å². The summed E-state index contributed by atoms with van der Waals surface area (Å²) in [5.41, 5.74) is 2.86. The fraction of sp³-hybridized carbons (Fsp3) is 0.125. The van der Waals surface area contributed by atoms with Crippen LogP contribution in [-0.4, -0.2) is 22.0 Å². The molecule has 104 valence electrons. The molecule has 5 heteroatoms. The fourth-order valence-corrected chi connectivity index (χ4v) is 2.79. The number of fused-ring (bicyclic) bond motifs is 1. The Morgan fingerprint density at radius 1 is 1.14 bits per heavy atom. The number of carbonyl (C=O) groups is 1. The Morgan fingerprint density at radius 2 is 2.00 bits per heavy atom. The number of anilines is 1. The van der Waals surface area contributed by atoms with Gasteiger partial charge in [0.05, 0.1) is 11.7 Å². The third-order valence-corrected chi connectivity index (χ3v) is 3.81. The zero-order valence-electron chi connectivity index (χ0n) is 11.3. The molecule has 0 saturated carbocycles. The minimum atomic E-state index is -0.0664. The van der Waals surface area contributed by atoms with E-state index in [-0.39, 0.29) is 12.1 Å². The summed E-state index contributed by atoms with van der Waals surface area (Å²) in [7, 11) is 0. The van der Waals surface area contributed by atoms with E-state index in [1.807, 2.05) is 59.3 Å². The van der Waals surface area contributed by atoms with Crippen molar-refractivity contribution in [2.24, 2.45) is 0 Å². The number of carbonyl (C=O) groups excluding carboxylic acids is 1. The summed E-state index contributed by atoms with van der Waals surface area (Å²) in [6.07, 6.45) is 5.56. The fourth-order valence-electron chi connectivity index (χ4n) is 2.79. The summed E-state index contributed by atoms with van der Waals surface area (Å²) in [6, 6.07) is 13.9. The van der Waals surface area contributed by atoms with Gasteiger partial charge in [-0.05, 0) is 17.7 Å². The number of imidazole rings is 1. The highest BCUT2D eigenvalue weighted by Gasteiger charge is 2.33. The average molecular weight is 278 g/mol. The van der Waals surface area contributed by atoms with Gasteiger partial charge in [-0.1, -0.05) is 30.3 Å². The normalized spacial score (nSPS) is 18.2. The Kier molecular flexibility index (Phi) is 2.64. The van der Waals surface area contributed by atoms with Crippen LogP contribution in [0.4, 0.5) is 10.5 Å². The van der Waals surface area contributed by atoms with E-state index in [2.05, 4.69) is 10.3 Å². The van der Waals surface area contributed by atoms with Crippen molar-refractivity contribution in [3.63, 3.8) is 0 Å². The first kappa shape index (κ1) is 12.0. The van der Waals surface area contributed by atoms with Gasteiger partial charge >= 0.3 is 6.03 Å². The molecule has 2 aromatic heterocycles. The Labute approximate surface area is 121 Å². The van der Waals surface area contributed by atoms with Crippen LogP contribution in [0.2, 0.25) is 0 Å². The molecule has 1 aliphatic heterocycles. The van der Waals surface area contributed by atoms with Crippen molar-refractivity contribution in [2.45, 2.75) is 6.04 Å². The van der Waals surface area contributed by atoms with Crippen LogP contribution >= 0.6 is 0 Å². The summed E-state index contributed by atoms with van der Waals surface area (Å²) in [6.45, 7) is 0.616. The highest BCUT2D eigenvalue weighted by Crippen LogP contribution is 2.30. The maximum absolute atomic E-state index is 12.2. The second kappa shape index (κ2) is 4.63. The van der Waals surface area contributed by atoms with E-state index in [1.54, 1.807) is 11.1 Å². The number of urea groups is 1. The van der Waals surface area contributed by atoms with Gasteiger partial charge in [-0.3, -0.25) is 4.90 Å².